The molecule has 0 spiro atoms. The van der Waals surface area contributed by atoms with E-state index >= 15 is 0 Å². The number of hydrogen-bond donors (Lipinski definition) is 2. The highest BCUT2D eigenvalue weighted by Gasteiger charge is 2.05. The third-order valence-corrected chi connectivity index (χ3v) is 4.15. The first-order valence-electron chi connectivity index (χ1n) is 6.70. The summed E-state index contributed by atoms with van der Waals surface area (Å²) in [6, 6.07) is 12.9. The summed E-state index contributed by atoms with van der Waals surface area (Å²) in [6.45, 7) is 5.06. The van der Waals surface area contributed by atoms with E-state index in [0.717, 1.165) is 11.0 Å². The lowest BCUT2D eigenvalue weighted by Gasteiger charge is -2.13. The van der Waals surface area contributed by atoms with Crippen LogP contribution in [-0.4, -0.2) is 4.98 Å². The molecule has 3 aromatic rings. The molecule has 3 rings (SSSR count). The van der Waals surface area contributed by atoms with Gasteiger partial charge < -0.3 is 10.3 Å². The van der Waals surface area contributed by atoms with Crippen molar-refractivity contribution in [2.24, 2.45) is 0 Å². The number of benzene rings is 2. The van der Waals surface area contributed by atoms with Crippen LogP contribution in [0.4, 0.5) is 5.69 Å². The fourth-order valence-electron chi connectivity index (χ4n) is 2.54. The van der Waals surface area contributed by atoms with Crippen LogP contribution < -0.4 is 5.32 Å². The highest BCUT2D eigenvalue weighted by molar-refractivity contribution is 9.10. The second-order valence-corrected chi connectivity index (χ2v) is 6.05. The van der Waals surface area contributed by atoms with E-state index in [1.165, 1.54) is 33.3 Å². The van der Waals surface area contributed by atoms with Crippen LogP contribution in [0, 0.1) is 13.8 Å². The average Bonchev–Trinajstić information content (AvgIpc) is 2.84. The number of rotatable bonds is 3. The summed E-state index contributed by atoms with van der Waals surface area (Å²) in [4.78, 5) is 3.25. The van der Waals surface area contributed by atoms with Crippen LogP contribution in [-0.2, 0) is 6.54 Å². The number of aromatic nitrogens is 1. The lowest BCUT2D eigenvalue weighted by atomic mass is 10.1. The summed E-state index contributed by atoms with van der Waals surface area (Å²) >= 11 is 3.64. The Hall–Kier alpha value is -1.74. The number of nitrogens with one attached hydrogen (secondary N) is 2. The van der Waals surface area contributed by atoms with Crippen LogP contribution >= 0.6 is 15.9 Å². The van der Waals surface area contributed by atoms with E-state index in [1.54, 1.807) is 0 Å². The molecule has 102 valence electrons. The summed E-state index contributed by atoms with van der Waals surface area (Å²) in [5, 5.41) is 4.77. The quantitative estimate of drug-likeness (QED) is 0.682. The third kappa shape index (κ3) is 2.59. The Morgan fingerprint density at radius 2 is 1.95 bits per heavy atom. The molecule has 3 heteroatoms. The molecule has 0 saturated carbocycles. The van der Waals surface area contributed by atoms with Crippen molar-refractivity contribution in [3.05, 3.63) is 63.8 Å². The van der Waals surface area contributed by atoms with Crippen LogP contribution in [0.1, 0.15) is 16.7 Å². The molecule has 0 aliphatic rings. The highest BCUT2D eigenvalue weighted by atomic mass is 79.9. The van der Waals surface area contributed by atoms with Gasteiger partial charge >= 0.3 is 0 Å². The van der Waals surface area contributed by atoms with Crippen molar-refractivity contribution in [2.75, 3.05) is 5.32 Å². The Kier molecular flexibility index (Phi) is 3.53. The number of H-pyrrole nitrogens is 1. The van der Waals surface area contributed by atoms with E-state index < -0.39 is 0 Å². The Labute approximate surface area is 127 Å². The molecule has 20 heavy (non-hydrogen) atoms. The van der Waals surface area contributed by atoms with E-state index in [1.807, 2.05) is 6.20 Å². The molecule has 0 bridgehead atoms. The Morgan fingerprint density at radius 3 is 2.75 bits per heavy atom. The van der Waals surface area contributed by atoms with Gasteiger partial charge in [-0.1, -0.05) is 18.2 Å². The number of anilines is 1. The molecule has 0 atom stereocenters. The fraction of sp³-hybridized carbons (Fsp3) is 0.176. The summed E-state index contributed by atoms with van der Waals surface area (Å²) in [5.74, 6) is 0. The number of aromatic amines is 1. The lowest BCUT2D eigenvalue weighted by molar-refractivity contribution is 1.14. The van der Waals surface area contributed by atoms with Crippen molar-refractivity contribution in [1.82, 2.24) is 4.98 Å². The third-order valence-electron chi connectivity index (χ3n) is 3.52. The van der Waals surface area contributed by atoms with Crippen LogP contribution in [0.2, 0.25) is 0 Å². The van der Waals surface area contributed by atoms with Gasteiger partial charge in [0.2, 0.25) is 0 Å². The molecule has 2 nitrogen and oxygen atoms in total. The monoisotopic (exact) mass is 328 g/mol. The van der Waals surface area contributed by atoms with Gasteiger partial charge in [0, 0.05) is 22.7 Å². The van der Waals surface area contributed by atoms with Gasteiger partial charge in [0.05, 0.1) is 5.69 Å². The largest absolute Gasteiger partial charge is 0.380 e. The smallest absolute Gasteiger partial charge is 0.0517 e. The SMILES string of the molecule is Cc1cc(C)c(NCc2ccc3cc[nH]c3c2)c(Br)c1. The molecule has 0 aliphatic carbocycles. The zero-order valence-electron chi connectivity index (χ0n) is 11.6. The summed E-state index contributed by atoms with van der Waals surface area (Å²) in [7, 11) is 0. The molecule has 1 heterocycles. The Bertz CT molecular complexity index is 736. The van der Waals surface area contributed by atoms with Gasteiger partial charge in [-0.15, -0.1) is 0 Å². The van der Waals surface area contributed by atoms with Crippen LogP contribution in [0.3, 0.4) is 0 Å². The van der Waals surface area contributed by atoms with Crippen LogP contribution in [0.25, 0.3) is 10.9 Å². The minimum atomic E-state index is 0.817. The van der Waals surface area contributed by atoms with Crippen molar-refractivity contribution in [2.45, 2.75) is 20.4 Å². The van der Waals surface area contributed by atoms with Gasteiger partial charge in [-0.05, 0) is 70.1 Å². The number of hydrogen-bond acceptors (Lipinski definition) is 1. The van der Waals surface area contributed by atoms with Crippen molar-refractivity contribution in [3.63, 3.8) is 0 Å². The molecule has 0 radical (unpaired) electrons. The topological polar surface area (TPSA) is 27.8 Å². The van der Waals surface area contributed by atoms with Crippen molar-refractivity contribution in [3.8, 4) is 0 Å². The molecule has 0 amide bonds. The van der Waals surface area contributed by atoms with Crippen LogP contribution in [0.5, 0.6) is 0 Å². The van der Waals surface area contributed by atoms with Crippen molar-refractivity contribution >= 4 is 32.5 Å². The first-order valence-corrected chi connectivity index (χ1v) is 7.49. The normalized spacial score (nSPS) is 10.9. The zero-order valence-corrected chi connectivity index (χ0v) is 13.2. The molecular formula is C17H17BrN2. The second kappa shape index (κ2) is 5.33. The van der Waals surface area contributed by atoms with E-state index in [0.29, 0.717) is 0 Å². The Balaban J connectivity index is 1.82. The van der Waals surface area contributed by atoms with Gasteiger partial charge in [0.1, 0.15) is 0 Å². The second-order valence-electron chi connectivity index (χ2n) is 5.19. The van der Waals surface area contributed by atoms with Gasteiger partial charge in [0.15, 0.2) is 0 Å². The molecule has 0 saturated heterocycles. The molecule has 0 aliphatic heterocycles. The Morgan fingerprint density at radius 1 is 1.10 bits per heavy atom. The maximum absolute atomic E-state index is 3.64. The standard InChI is InChI=1S/C17H17BrN2/c1-11-7-12(2)17(15(18)8-11)20-10-13-3-4-14-5-6-19-16(14)9-13/h3-9,19-20H,10H2,1-2H3. The molecule has 1 aromatic heterocycles. The summed E-state index contributed by atoms with van der Waals surface area (Å²) in [5.41, 5.74) is 6.16. The van der Waals surface area contributed by atoms with Gasteiger partial charge in [-0.3, -0.25) is 0 Å². The highest BCUT2D eigenvalue weighted by Crippen LogP contribution is 2.28. The summed E-state index contributed by atoms with van der Waals surface area (Å²) < 4.78 is 1.12. The van der Waals surface area contributed by atoms with Gasteiger partial charge in [0.25, 0.3) is 0 Å². The maximum Gasteiger partial charge on any atom is 0.0517 e. The molecule has 0 fully saturated rings. The summed E-state index contributed by atoms with van der Waals surface area (Å²) in [6.07, 6.45) is 1.97. The average molecular weight is 329 g/mol. The first-order chi connectivity index (χ1) is 9.63. The van der Waals surface area contributed by atoms with Crippen LogP contribution in [0.15, 0.2) is 47.1 Å². The number of aryl methyl sites for hydroxylation is 2. The van der Waals surface area contributed by atoms with Gasteiger partial charge in [-0.25, -0.2) is 0 Å². The number of fused-ring (bicyclic) bond motifs is 1. The predicted octanol–water partition coefficient (Wildman–Crippen LogP) is 5.16. The number of halogens is 1. The van der Waals surface area contributed by atoms with E-state index in [2.05, 4.69) is 76.5 Å². The van der Waals surface area contributed by atoms with Crippen molar-refractivity contribution < 1.29 is 0 Å². The van der Waals surface area contributed by atoms with E-state index in [9.17, 15) is 0 Å². The fourth-order valence-corrected chi connectivity index (χ4v) is 3.35. The first kappa shape index (κ1) is 13.3. The molecule has 2 N–H and O–H groups in total. The minimum absolute atomic E-state index is 0.817. The predicted molar refractivity (Wildman–Crippen MR) is 89.2 cm³/mol. The molecule has 2 aromatic carbocycles. The minimum Gasteiger partial charge on any atom is -0.380 e. The van der Waals surface area contributed by atoms with Crippen molar-refractivity contribution in [1.29, 1.82) is 0 Å². The molecular weight excluding hydrogens is 312 g/mol. The zero-order chi connectivity index (χ0) is 14.1. The van der Waals surface area contributed by atoms with E-state index in [4.69, 9.17) is 0 Å². The van der Waals surface area contributed by atoms with Gasteiger partial charge in [-0.2, -0.15) is 0 Å². The molecule has 0 unspecified atom stereocenters. The maximum atomic E-state index is 3.64. The van der Waals surface area contributed by atoms with E-state index in [-0.39, 0.29) is 0 Å². The lowest BCUT2D eigenvalue weighted by Crippen LogP contribution is -2.02.